The van der Waals surface area contributed by atoms with Crippen LogP contribution < -0.4 is 27.4 Å². The largest absolute Gasteiger partial charge is 0.480 e. The van der Waals surface area contributed by atoms with Crippen molar-refractivity contribution < 1.29 is 24.3 Å². The molecule has 2 aliphatic rings. The lowest BCUT2D eigenvalue weighted by molar-refractivity contribution is -0.143. The van der Waals surface area contributed by atoms with E-state index in [4.69, 9.17) is 23.1 Å². The highest BCUT2D eigenvalue weighted by Crippen LogP contribution is 2.33. The fourth-order valence-electron chi connectivity index (χ4n) is 4.56. The number of aliphatic imine (C=N–C) groups is 1. The highest BCUT2D eigenvalue weighted by atomic mass is 35.5. The second-order valence-corrected chi connectivity index (χ2v) is 9.50. The van der Waals surface area contributed by atoms with E-state index in [2.05, 4.69) is 20.9 Å². The van der Waals surface area contributed by atoms with Crippen LogP contribution >= 0.6 is 11.6 Å². The number of nitrogens with zero attached hydrogens (tertiary/aromatic N) is 1. The van der Waals surface area contributed by atoms with Crippen LogP contribution in [-0.4, -0.2) is 65.3 Å². The molecule has 8 N–H and O–H groups in total. The van der Waals surface area contributed by atoms with E-state index >= 15 is 0 Å². The molecule has 0 spiro atoms. The number of hydrogen-bond donors (Lipinski definition) is 6. The van der Waals surface area contributed by atoms with Crippen molar-refractivity contribution in [3.8, 4) is 0 Å². The molecule has 0 aromatic carbocycles. The molecule has 5 unspecified atom stereocenters. The van der Waals surface area contributed by atoms with E-state index in [0.29, 0.717) is 19.3 Å². The Labute approximate surface area is 198 Å². The van der Waals surface area contributed by atoms with Gasteiger partial charge in [0.05, 0.1) is 18.5 Å². The number of hydrogen-bond acceptors (Lipinski definition) is 5. The topological polar surface area (TPSA) is 189 Å². The number of aliphatic carboxylic acids is 1. The van der Waals surface area contributed by atoms with E-state index in [1.54, 1.807) is 0 Å². The smallest absolute Gasteiger partial charge is 0.328 e. The molecule has 3 amide bonds. The molecule has 12 heteroatoms. The number of rotatable bonds is 9. The molecule has 2 fully saturated rings. The number of halogens is 1. The number of nitrogens with one attached hydrogen (secondary N) is 3. The van der Waals surface area contributed by atoms with E-state index in [1.165, 1.54) is 0 Å². The number of carbonyl (C=O) groups excluding carboxylic acids is 3. The van der Waals surface area contributed by atoms with Crippen LogP contribution in [0.2, 0.25) is 0 Å². The van der Waals surface area contributed by atoms with E-state index in [-0.39, 0.29) is 48.2 Å². The van der Waals surface area contributed by atoms with Crippen LogP contribution in [0.1, 0.15) is 51.9 Å². The van der Waals surface area contributed by atoms with Crippen LogP contribution in [0.5, 0.6) is 0 Å². The molecule has 0 radical (unpaired) electrons. The molecule has 186 valence electrons. The normalized spacial score (nSPS) is 28.1. The summed E-state index contributed by atoms with van der Waals surface area (Å²) in [6, 6.07) is -1.42. The van der Waals surface area contributed by atoms with Gasteiger partial charge in [0.1, 0.15) is 6.04 Å². The zero-order valence-electron chi connectivity index (χ0n) is 18.9. The number of carbonyl (C=O) groups is 4. The maximum atomic E-state index is 12.6. The second kappa shape index (κ2) is 12.6. The predicted octanol–water partition coefficient (Wildman–Crippen LogP) is -0.336. The quantitative estimate of drug-likeness (QED) is 0.146. The minimum absolute atomic E-state index is 0.0139. The predicted molar refractivity (Wildman–Crippen MR) is 123 cm³/mol. The fourth-order valence-corrected chi connectivity index (χ4v) is 5.08. The van der Waals surface area contributed by atoms with Crippen molar-refractivity contribution in [2.45, 2.75) is 69.3 Å². The van der Waals surface area contributed by atoms with Crippen molar-refractivity contribution in [1.82, 2.24) is 16.0 Å². The van der Waals surface area contributed by atoms with Gasteiger partial charge in [-0.2, -0.15) is 0 Å². The molecule has 2 saturated carbocycles. The van der Waals surface area contributed by atoms with Gasteiger partial charge in [0.15, 0.2) is 5.96 Å². The second-order valence-electron chi connectivity index (χ2n) is 8.94. The van der Waals surface area contributed by atoms with Gasteiger partial charge in [0.2, 0.25) is 17.7 Å². The molecule has 2 rings (SSSR count). The van der Waals surface area contributed by atoms with Crippen molar-refractivity contribution in [3.63, 3.8) is 0 Å². The van der Waals surface area contributed by atoms with Crippen molar-refractivity contribution in [2.24, 2.45) is 34.2 Å². The Morgan fingerprint density at radius 2 is 1.76 bits per heavy atom. The van der Waals surface area contributed by atoms with Crippen LogP contribution in [0.15, 0.2) is 4.99 Å². The van der Waals surface area contributed by atoms with Gasteiger partial charge in [-0.3, -0.25) is 19.4 Å². The molecule has 0 heterocycles. The summed E-state index contributed by atoms with van der Waals surface area (Å²) in [6.45, 7) is 1.32. The SMILES string of the molecule is CC1CCCC(Cl)C1C(=O)N[C@@H](CNC(=O)CNC(=O)C1CCCC(N=C(N)N)C1)C(=O)O. The van der Waals surface area contributed by atoms with Crippen molar-refractivity contribution in [2.75, 3.05) is 13.1 Å². The zero-order valence-corrected chi connectivity index (χ0v) is 19.6. The summed E-state index contributed by atoms with van der Waals surface area (Å²) in [7, 11) is 0. The van der Waals surface area contributed by atoms with Crippen molar-refractivity contribution in [3.05, 3.63) is 0 Å². The molecular weight excluding hydrogens is 452 g/mol. The Morgan fingerprint density at radius 1 is 1.06 bits per heavy atom. The van der Waals surface area contributed by atoms with Gasteiger partial charge in [-0.25, -0.2) is 4.79 Å². The van der Waals surface area contributed by atoms with Gasteiger partial charge in [-0.05, 0) is 38.0 Å². The first-order chi connectivity index (χ1) is 15.6. The van der Waals surface area contributed by atoms with E-state index in [0.717, 1.165) is 25.7 Å². The summed E-state index contributed by atoms with van der Waals surface area (Å²) in [5.41, 5.74) is 10.8. The van der Waals surface area contributed by atoms with Crippen molar-refractivity contribution in [1.29, 1.82) is 0 Å². The van der Waals surface area contributed by atoms with Gasteiger partial charge < -0.3 is 32.5 Å². The average molecular weight is 487 g/mol. The Kier molecular flexibility index (Phi) is 10.2. The number of alkyl halides is 1. The van der Waals surface area contributed by atoms with E-state index in [1.807, 2.05) is 6.92 Å². The number of nitrogens with two attached hydrogens (primary N) is 2. The van der Waals surface area contributed by atoms with Crippen LogP contribution in [0.3, 0.4) is 0 Å². The highest BCUT2D eigenvalue weighted by Gasteiger charge is 2.36. The summed E-state index contributed by atoms with van der Waals surface area (Å²) in [5, 5.41) is 16.6. The summed E-state index contributed by atoms with van der Waals surface area (Å²) in [5.74, 6) is -3.26. The number of carboxylic acids is 1. The summed E-state index contributed by atoms with van der Waals surface area (Å²) in [6.07, 6.45) is 5.26. The molecule has 0 aromatic rings. The molecule has 0 saturated heterocycles. The van der Waals surface area contributed by atoms with Gasteiger partial charge in [0, 0.05) is 17.8 Å². The van der Waals surface area contributed by atoms with Gasteiger partial charge >= 0.3 is 5.97 Å². The molecule has 11 nitrogen and oxygen atoms in total. The lowest BCUT2D eigenvalue weighted by atomic mass is 9.79. The van der Waals surface area contributed by atoms with E-state index in [9.17, 15) is 24.3 Å². The summed E-state index contributed by atoms with van der Waals surface area (Å²) in [4.78, 5) is 52.8. The van der Waals surface area contributed by atoms with Crippen LogP contribution in [-0.2, 0) is 19.2 Å². The minimum atomic E-state index is -1.30. The standard InChI is InChI=1S/C21H35ClN6O5/c1-11-4-2-7-14(22)17(11)19(31)28-15(20(32)33)9-25-16(29)10-26-18(30)12-5-3-6-13(8-12)27-21(23)24/h11-15,17H,2-10H2,1H3,(H,25,29)(H,26,30)(H,28,31)(H,32,33)(H4,23,24,27)/t11?,12?,13?,14?,15-,17?/m0/s1. The molecule has 33 heavy (non-hydrogen) atoms. The zero-order chi connectivity index (χ0) is 24.5. The Hall–Kier alpha value is -2.56. The van der Waals surface area contributed by atoms with Gasteiger partial charge in [-0.15, -0.1) is 11.6 Å². The van der Waals surface area contributed by atoms with Crippen molar-refractivity contribution >= 4 is 41.3 Å². The lowest BCUT2D eigenvalue weighted by Crippen LogP contribution is -2.53. The molecule has 2 aliphatic carbocycles. The first-order valence-corrected chi connectivity index (χ1v) is 11.8. The highest BCUT2D eigenvalue weighted by molar-refractivity contribution is 6.22. The third-order valence-corrected chi connectivity index (χ3v) is 6.82. The average Bonchev–Trinajstić information content (AvgIpc) is 2.74. The molecule has 0 aromatic heterocycles. The number of amides is 3. The molecule has 6 atom stereocenters. The van der Waals surface area contributed by atoms with Crippen LogP contribution in [0.25, 0.3) is 0 Å². The van der Waals surface area contributed by atoms with Gasteiger partial charge in [-0.1, -0.05) is 19.8 Å². The first kappa shape index (κ1) is 26.7. The molecule has 0 bridgehead atoms. The maximum Gasteiger partial charge on any atom is 0.328 e. The summed E-state index contributed by atoms with van der Waals surface area (Å²) < 4.78 is 0. The monoisotopic (exact) mass is 486 g/mol. The Balaban J connectivity index is 1.79. The summed E-state index contributed by atoms with van der Waals surface area (Å²) >= 11 is 6.29. The van der Waals surface area contributed by atoms with E-state index < -0.39 is 29.7 Å². The fraction of sp³-hybridized carbons (Fsp3) is 0.762. The number of carboxylic acid groups (broad SMARTS) is 1. The van der Waals surface area contributed by atoms with Crippen LogP contribution in [0, 0.1) is 17.8 Å². The van der Waals surface area contributed by atoms with Gasteiger partial charge in [0.25, 0.3) is 0 Å². The minimum Gasteiger partial charge on any atom is -0.480 e. The van der Waals surface area contributed by atoms with Crippen LogP contribution in [0.4, 0.5) is 0 Å². The third kappa shape index (κ3) is 8.38. The Bertz CT molecular complexity index is 749. The third-order valence-electron chi connectivity index (χ3n) is 6.33. The Morgan fingerprint density at radius 3 is 2.39 bits per heavy atom. The molecular formula is C21H35ClN6O5. The molecule has 0 aliphatic heterocycles. The maximum absolute atomic E-state index is 12.6. The first-order valence-electron chi connectivity index (χ1n) is 11.4. The lowest BCUT2D eigenvalue weighted by Gasteiger charge is -2.32. The number of guanidine groups is 1.